The van der Waals surface area contributed by atoms with Crippen molar-refractivity contribution in [2.75, 3.05) is 13.1 Å². The summed E-state index contributed by atoms with van der Waals surface area (Å²) in [4.78, 5) is 75.7. The van der Waals surface area contributed by atoms with Crippen molar-refractivity contribution in [3.05, 3.63) is 94.6 Å². The van der Waals surface area contributed by atoms with Gasteiger partial charge in [-0.25, -0.2) is 0 Å². The van der Waals surface area contributed by atoms with Crippen LogP contribution in [0, 0.1) is 20.8 Å². The maximum absolute atomic E-state index is 14.3. The first-order valence-electron chi connectivity index (χ1n) is 17.2. The normalized spacial score (nSPS) is 12.7. The van der Waals surface area contributed by atoms with Gasteiger partial charge in [0.15, 0.2) is 0 Å². The van der Waals surface area contributed by atoms with Gasteiger partial charge in [-0.3, -0.25) is 34.0 Å². The zero-order valence-corrected chi connectivity index (χ0v) is 29.4. The van der Waals surface area contributed by atoms with Gasteiger partial charge in [0, 0.05) is 37.3 Å². The number of unbranched alkanes of at least 4 members (excludes halogenated alkanes) is 2. The highest BCUT2D eigenvalue weighted by molar-refractivity contribution is 6.02. The third kappa shape index (κ3) is 12.6. The highest BCUT2D eigenvalue weighted by Gasteiger charge is 2.36. The molecule has 0 bridgehead atoms. The first kappa shape index (κ1) is 39.6. The molecule has 0 unspecified atom stereocenters. The molecule has 3 rings (SSSR count). The molecule has 2 aromatic heterocycles. The molecule has 0 aliphatic rings. The second kappa shape index (κ2) is 20.6. The van der Waals surface area contributed by atoms with Crippen LogP contribution in [0.15, 0.2) is 61.1 Å². The standard InChI is InChI=1S/C38H51N7O5/c1-26-19-27(2)32(28(3)20-26)23-31(25-46)45(36(48)22-30-12-5-8-17-42-30)38(50)34(14-4-7-15-39)44-37(49)33(40)13-6-9-18-43-35(47)21-29-11-10-16-41-24-29/h5,8,10-12,16-17,19-20,24-25,31,33-34H,4,6-7,9,13-15,18,21-23,39-40H2,1-3H3,(H,43,47)(H,44,49)/t31-,33+,34-/m0/s1. The number of carbonyl (C=O) groups excluding carboxylic acids is 5. The van der Waals surface area contributed by atoms with E-state index in [0.717, 1.165) is 32.7 Å². The Labute approximate surface area is 294 Å². The first-order valence-corrected chi connectivity index (χ1v) is 17.2. The van der Waals surface area contributed by atoms with Gasteiger partial charge in [-0.15, -0.1) is 0 Å². The molecule has 0 spiro atoms. The Bertz CT molecular complexity index is 1550. The van der Waals surface area contributed by atoms with Gasteiger partial charge in [0.2, 0.25) is 17.7 Å². The average Bonchev–Trinajstić information content (AvgIpc) is 3.09. The van der Waals surface area contributed by atoms with E-state index >= 15 is 0 Å². The van der Waals surface area contributed by atoms with Crippen molar-refractivity contribution >= 4 is 29.9 Å². The zero-order chi connectivity index (χ0) is 36.5. The van der Waals surface area contributed by atoms with Crippen molar-refractivity contribution in [2.45, 2.75) is 96.7 Å². The number of aromatic nitrogens is 2. The van der Waals surface area contributed by atoms with Crippen LogP contribution in [0.25, 0.3) is 0 Å². The number of nitrogens with zero attached hydrogens (tertiary/aromatic N) is 3. The predicted molar refractivity (Wildman–Crippen MR) is 192 cm³/mol. The number of amides is 4. The van der Waals surface area contributed by atoms with Crippen molar-refractivity contribution in [3.8, 4) is 0 Å². The number of nitrogens with one attached hydrogen (secondary N) is 2. The molecule has 0 fully saturated rings. The van der Waals surface area contributed by atoms with E-state index < -0.39 is 35.8 Å². The summed E-state index contributed by atoms with van der Waals surface area (Å²) in [5, 5.41) is 5.64. The van der Waals surface area contributed by atoms with E-state index in [1.807, 2.05) is 39.0 Å². The molecule has 2 heterocycles. The topological polar surface area (TPSA) is 190 Å². The Kier molecular flexibility index (Phi) is 16.4. The van der Waals surface area contributed by atoms with E-state index in [9.17, 15) is 24.0 Å². The van der Waals surface area contributed by atoms with Gasteiger partial charge < -0.3 is 26.9 Å². The Morgan fingerprint density at radius 1 is 0.920 bits per heavy atom. The number of aldehydes is 1. The molecule has 1 aromatic carbocycles. The quantitative estimate of drug-likeness (QED) is 0.102. The van der Waals surface area contributed by atoms with Gasteiger partial charge in [0.25, 0.3) is 5.91 Å². The number of aryl methyl sites for hydroxylation is 3. The number of nitrogens with two attached hydrogens (primary N) is 2. The van der Waals surface area contributed by atoms with Gasteiger partial charge in [-0.2, -0.15) is 0 Å². The van der Waals surface area contributed by atoms with Crippen molar-refractivity contribution in [3.63, 3.8) is 0 Å². The van der Waals surface area contributed by atoms with Crippen molar-refractivity contribution in [1.82, 2.24) is 25.5 Å². The van der Waals surface area contributed by atoms with Crippen LogP contribution in [0.3, 0.4) is 0 Å². The smallest absolute Gasteiger partial charge is 0.252 e. The molecule has 3 atom stereocenters. The van der Waals surface area contributed by atoms with Crippen LogP contribution in [0.4, 0.5) is 0 Å². The molecule has 12 nitrogen and oxygen atoms in total. The van der Waals surface area contributed by atoms with Gasteiger partial charge in [0.05, 0.1) is 24.9 Å². The Morgan fingerprint density at radius 3 is 2.30 bits per heavy atom. The molecule has 3 aromatic rings. The second-order valence-electron chi connectivity index (χ2n) is 12.7. The molecule has 0 aliphatic heterocycles. The minimum atomic E-state index is -1.12. The van der Waals surface area contributed by atoms with Crippen LogP contribution in [0.5, 0.6) is 0 Å². The number of rotatable bonds is 20. The summed E-state index contributed by atoms with van der Waals surface area (Å²) < 4.78 is 0. The summed E-state index contributed by atoms with van der Waals surface area (Å²) in [6.07, 6.45) is 8.41. The summed E-state index contributed by atoms with van der Waals surface area (Å²) in [5.41, 5.74) is 17.1. The fraction of sp³-hybridized carbons (Fsp3) is 0.447. The highest BCUT2D eigenvalue weighted by atomic mass is 16.2. The van der Waals surface area contributed by atoms with E-state index in [4.69, 9.17) is 11.5 Å². The summed E-state index contributed by atoms with van der Waals surface area (Å²) in [7, 11) is 0. The maximum atomic E-state index is 14.3. The van der Waals surface area contributed by atoms with Crippen LogP contribution in [0.2, 0.25) is 0 Å². The monoisotopic (exact) mass is 685 g/mol. The lowest BCUT2D eigenvalue weighted by Gasteiger charge is -2.31. The Hall–Kier alpha value is -4.81. The molecule has 268 valence electrons. The van der Waals surface area contributed by atoms with E-state index in [1.54, 1.807) is 42.9 Å². The number of hydrogen-bond donors (Lipinski definition) is 4. The molecule has 0 saturated heterocycles. The van der Waals surface area contributed by atoms with Crippen molar-refractivity contribution in [1.29, 1.82) is 0 Å². The van der Waals surface area contributed by atoms with E-state index in [1.165, 1.54) is 0 Å². The molecule has 4 amide bonds. The largest absolute Gasteiger partial charge is 0.356 e. The van der Waals surface area contributed by atoms with Crippen molar-refractivity contribution < 1.29 is 24.0 Å². The van der Waals surface area contributed by atoms with Crippen LogP contribution < -0.4 is 22.1 Å². The lowest BCUT2D eigenvalue weighted by atomic mass is 9.93. The molecule has 0 aliphatic carbocycles. The molecule has 50 heavy (non-hydrogen) atoms. The van der Waals surface area contributed by atoms with Crippen molar-refractivity contribution in [2.24, 2.45) is 11.5 Å². The zero-order valence-electron chi connectivity index (χ0n) is 29.4. The molecular weight excluding hydrogens is 634 g/mol. The number of hydrogen-bond acceptors (Lipinski definition) is 9. The van der Waals surface area contributed by atoms with E-state index in [0.29, 0.717) is 57.2 Å². The number of imide groups is 1. The second-order valence-corrected chi connectivity index (χ2v) is 12.7. The Balaban J connectivity index is 1.73. The lowest BCUT2D eigenvalue weighted by Crippen LogP contribution is -2.57. The molecular formula is C38H51N7O5. The number of pyridine rings is 2. The van der Waals surface area contributed by atoms with Gasteiger partial charge in [0.1, 0.15) is 12.3 Å². The fourth-order valence-corrected chi connectivity index (χ4v) is 5.95. The summed E-state index contributed by atoms with van der Waals surface area (Å²) >= 11 is 0. The van der Waals surface area contributed by atoms with E-state index in [-0.39, 0.29) is 31.6 Å². The summed E-state index contributed by atoms with van der Waals surface area (Å²) in [6, 6.07) is 9.59. The van der Waals surface area contributed by atoms with Gasteiger partial charge in [-0.05, 0) is 106 Å². The van der Waals surface area contributed by atoms with Crippen LogP contribution in [-0.4, -0.2) is 76.0 Å². The number of benzene rings is 1. The van der Waals surface area contributed by atoms with Crippen LogP contribution in [0.1, 0.15) is 72.0 Å². The lowest BCUT2D eigenvalue weighted by molar-refractivity contribution is -0.151. The fourth-order valence-electron chi connectivity index (χ4n) is 5.95. The SMILES string of the molecule is Cc1cc(C)c(C[C@@H](C=O)N(C(=O)Cc2ccccn2)C(=O)[C@H](CCCCN)NC(=O)[C@H](N)CCCCNC(=O)Cc2cccnc2)c(C)c1. The molecule has 0 radical (unpaired) electrons. The summed E-state index contributed by atoms with van der Waals surface area (Å²) in [5.74, 6) is -1.94. The Morgan fingerprint density at radius 2 is 1.66 bits per heavy atom. The summed E-state index contributed by atoms with van der Waals surface area (Å²) in [6.45, 7) is 6.67. The van der Waals surface area contributed by atoms with E-state index in [2.05, 4.69) is 20.6 Å². The molecule has 6 N–H and O–H groups in total. The van der Waals surface area contributed by atoms with Gasteiger partial charge in [-0.1, -0.05) is 29.8 Å². The maximum Gasteiger partial charge on any atom is 0.252 e. The first-order chi connectivity index (χ1) is 24.0. The minimum Gasteiger partial charge on any atom is -0.356 e. The minimum absolute atomic E-state index is 0.123. The highest BCUT2D eigenvalue weighted by Crippen LogP contribution is 2.21. The molecule has 0 saturated carbocycles. The molecule has 12 heteroatoms. The average molecular weight is 686 g/mol. The third-order valence-electron chi connectivity index (χ3n) is 8.56. The van der Waals surface area contributed by atoms with Crippen LogP contribution in [-0.2, 0) is 43.2 Å². The van der Waals surface area contributed by atoms with Crippen LogP contribution >= 0.6 is 0 Å². The third-order valence-corrected chi connectivity index (χ3v) is 8.56. The number of carbonyl (C=O) groups is 5. The predicted octanol–water partition coefficient (Wildman–Crippen LogP) is 2.58. The van der Waals surface area contributed by atoms with Gasteiger partial charge >= 0.3 is 0 Å².